The van der Waals surface area contributed by atoms with E-state index in [0.717, 1.165) is 20.9 Å². The molecule has 1 saturated heterocycles. The first-order chi connectivity index (χ1) is 10.4. The van der Waals surface area contributed by atoms with Crippen LogP contribution in [0.2, 0.25) is 0 Å². The van der Waals surface area contributed by atoms with E-state index < -0.39 is 17.7 Å². The third-order valence-corrected chi connectivity index (χ3v) is 5.79. The van der Waals surface area contributed by atoms with Gasteiger partial charge in [-0.15, -0.1) is 0 Å². The van der Waals surface area contributed by atoms with E-state index in [1.165, 1.54) is 4.90 Å². The Kier molecular flexibility index (Phi) is 4.07. The molecule has 118 valence electrons. The summed E-state index contributed by atoms with van der Waals surface area (Å²) in [5.74, 6) is 0.0946. The van der Waals surface area contributed by atoms with Crippen LogP contribution >= 0.6 is 31.9 Å². The summed E-state index contributed by atoms with van der Waals surface area (Å²) >= 11 is 6.98. The van der Waals surface area contributed by atoms with Crippen molar-refractivity contribution in [3.8, 4) is 5.75 Å². The number of hydrogen-bond donors (Lipinski definition) is 1. The Morgan fingerprint density at radius 1 is 1.41 bits per heavy atom. The van der Waals surface area contributed by atoms with Crippen LogP contribution in [0.25, 0.3) is 0 Å². The highest BCUT2D eigenvalue weighted by atomic mass is 79.9. The molecule has 1 aromatic rings. The van der Waals surface area contributed by atoms with Crippen molar-refractivity contribution in [2.75, 3.05) is 14.2 Å². The molecule has 3 atom stereocenters. The number of carbonyl (C=O) groups is 1. The summed E-state index contributed by atoms with van der Waals surface area (Å²) < 4.78 is 6.97. The van der Waals surface area contributed by atoms with Gasteiger partial charge in [0.25, 0.3) is 5.91 Å². The van der Waals surface area contributed by atoms with Gasteiger partial charge in [0.2, 0.25) is 0 Å². The first kappa shape index (κ1) is 16.0. The molecule has 1 amide bonds. The number of likely N-dealkylation sites (tertiary alicyclic amines) is 1. The van der Waals surface area contributed by atoms with Crippen molar-refractivity contribution in [2.24, 2.45) is 4.99 Å². The van der Waals surface area contributed by atoms with E-state index in [9.17, 15) is 9.90 Å². The third-order valence-electron chi connectivity index (χ3n) is 4.48. The summed E-state index contributed by atoms with van der Waals surface area (Å²) in [6.07, 6.45) is 2.22. The molecule has 1 fully saturated rings. The normalized spacial score (nSPS) is 30.6. The van der Waals surface area contributed by atoms with Gasteiger partial charge in [-0.1, -0.05) is 15.9 Å². The number of aliphatic imine (C=N–C) groups is 1. The number of likely N-dealkylation sites (N-methyl/N-ethyl adjacent to an activating group) is 1. The summed E-state index contributed by atoms with van der Waals surface area (Å²) in [5, 5.41) is 10.6. The van der Waals surface area contributed by atoms with Gasteiger partial charge in [0.1, 0.15) is 12.0 Å². The van der Waals surface area contributed by atoms with Crippen molar-refractivity contribution >= 4 is 44.0 Å². The van der Waals surface area contributed by atoms with Crippen molar-refractivity contribution < 1.29 is 14.6 Å². The SMILES string of the molecule is COc1cc(C2[C@@H](O)N(C)C(=O)[C@]23CCC=N3)c(Br)cc1Br. The molecule has 0 aliphatic carbocycles. The zero-order valence-electron chi connectivity index (χ0n) is 12.2. The number of nitrogens with zero attached hydrogens (tertiary/aromatic N) is 2. The Morgan fingerprint density at radius 3 is 2.73 bits per heavy atom. The maximum atomic E-state index is 12.7. The van der Waals surface area contributed by atoms with E-state index in [1.807, 2.05) is 12.1 Å². The van der Waals surface area contributed by atoms with Gasteiger partial charge in [-0.2, -0.15) is 0 Å². The van der Waals surface area contributed by atoms with Crippen LogP contribution in [0.4, 0.5) is 0 Å². The van der Waals surface area contributed by atoms with Gasteiger partial charge in [-0.25, -0.2) is 0 Å². The molecule has 2 heterocycles. The molecule has 22 heavy (non-hydrogen) atoms. The largest absolute Gasteiger partial charge is 0.496 e. The smallest absolute Gasteiger partial charge is 0.253 e. The van der Waals surface area contributed by atoms with E-state index in [0.29, 0.717) is 12.2 Å². The van der Waals surface area contributed by atoms with Crippen molar-refractivity contribution in [3.63, 3.8) is 0 Å². The molecule has 0 aromatic heterocycles. The minimum Gasteiger partial charge on any atom is -0.496 e. The molecule has 2 aliphatic rings. The Labute approximate surface area is 145 Å². The molecular formula is C15H16Br2N2O3. The number of hydrogen-bond acceptors (Lipinski definition) is 4. The number of aliphatic hydroxyl groups excluding tert-OH is 1. The first-order valence-corrected chi connectivity index (χ1v) is 8.53. The van der Waals surface area contributed by atoms with E-state index in [1.54, 1.807) is 20.4 Å². The van der Waals surface area contributed by atoms with Gasteiger partial charge >= 0.3 is 0 Å². The minimum absolute atomic E-state index is 0.132. The highest BCUT2D eigenvalue weighted by molar-refractivity contribution is 9.11. The lowest BCUT2D eigenvalue weighted by atomic mass is 9.79. The molecule has 1 aromatic carbocycles. The fraction of sp³-hybridized carbons (Fsp3) is 0.467. The third kappa shape index (κ3) is 2.13. The lowest BCUT2D eigenvalue weighted by molar-refractivity contribution is -0.134. The van der Waals surface area contributed by atoms with Crippen LogP contribution in [-0.4, -0.2) is 48.1 Å². The predicted molar refractivity (Wildman–Crippen MR) is 90.4 cm³/mol. The molecule has 1 N–H and O–H groups in total. The van der Waals surface area contributed by atoms with Crippen molar-refractivity contribution in [1.82, 2.24) is 4.90 Å². The highest BCUT2D eigenvalue weighted by Gasteiger charge is 2.59. The second kappa shape index (κ2) is 5.62. The van der Waals surface area contributed by atoms with E-state index in [4.69, 9.17) is 4.74 Å². The Morgan fingerprint density at radius 2 is 2.14 bits per heavy atom. The standard InChI is InChI=1S/C15H16Br2N2O3/c1-19-13(20)12(15(14(19)21)4-3-5-18-15)8-6-11(22-2)10(17)7-9(8)16/h5-7,12-13,20H,3-4H2,1-2H3/t12?,13-,15+/m1/s1. The number of halogens is 2. The highest BCUT2D eigenvalue weighted by Crippen LogP contribution is 2.50. The summed E-state index contributed by atoms with van der Waals surface area (Å²) in [7, 11) is 3.20. The predicted octanol–water partition coefficient (Wildman–Crippen LogP) is 2.70. The quantitative estimate of drug-likeness (QED) is 0.782. The summed E-state index contributed by atoms with van der Waals surface area (Å²) in [6, 6.07) is 3.72. The van der Waals surface area contributed by atoms with Crippen LogP contribution in [0.15, 0.2) is 26.1 Å². The summed E-state index contributed by atoms with van der Waals surface area (Å²) in [6.45, 7) is 0. The van der Waals surface area contributed by atoms with Gasteiger partial charge < -0.3 is 14.7 Å². The van der Waals surface area contributed by atoms with Crippen LogP contribution in [0.3, 0.4) is 0 Å². The number of aliphatic hydroxyl groups is 1. The van der Waals surface area contributed by atoms with Crippen LogP contribution in [0.1, 0.15) is 24.3 Å². The summed E-state index contributed by atoms with van der Waals surface area (Å²) in [4.78, 5) is 18.5. The molecule has 0 radical (unpaired) electrons. The summed E-state index contributed by atoms with van der Waals surface area (Å²) in [5.41, 5.74) is -0.0838. The topological polar surface area (TPSA) is 62.1 Å². The molecule has 0 bridgehead atoms. The van der Waals surface area contributed by atoms with Crippen LogP contribution < -0.4 is 4.74 Å². The Hall–Kier alpha value is -0.920. The molecular weight excluding hydrogens is 416 g/mol. The molecule has 5 nitrogen and oxygen atoms in total. The minimum atomic E-state index is -0.912. The number of rotatable bonds is 2. The lowest BCUT2D eigenvalue weighted by Crippen LogP contribution is -2.38. The van der Waals surface area contributed by atoms with Crippen molar-refractivity contribution in [3.05, 3.63) is 26.6 Å². The molecule has 0 saturated carbocycles. The van der Waals surface area contributed by atoms with Crippen LogP contribution in [-0.2, 0) is 4.79 Å². The van der Waals surface area contributed by atoms with E-state index in [2.05, 4.69) is 36.9 Å². The maximum Gasteiger partial charge on any atom is 0.253 e. The number of carbonyl (C=O) groups excluding carboxylic acids is 1. The maximum absolute atomic E-state index is 12.7. The van der Waals surface area contributed by atoms with Gasteiger partial charge in [0.15, 0.2) is 5.54 Å². The van der Waals surface area contributed by atoms with Crippen molar-refractivity contribution in [2.45, 2.75) is 30.5 Å². The molecule has 7 heteroatoms. The van der Waals surface area contributed by atoms with Gasteiger partial charge in [0.05, 0.1) is 17.5 Å². The lowest BCUT2D eigenvalue weighted by Gasteiger charge is -2.28. The molecule has 2 aliphatic heterocycles. The number of ether oxygens (including phenoxy) is 1. The molecule has 1 unspecified atom stereocenters. The van der Waals surface area contributed by atoms with Gasteiger partial charge in [0, 0.05) is 17.7 Å². The fourth-order valence-corrected chi connectivity index (χ4v) is 4.76. The number of amides is 1. The zero-order valence-corrected chi connectivity index (χ0v) is 15.4. The zero-order chi connectivity index (χ0) is 16.1. The fourth-order valence-electron chi connectivity index (χ4n) is 3.36. The second-order valence-electron chi connectivity index (χ2n) is 5.59. The van der Waals surface area contributed by atoms with Crippen molar-refractivity contribution in [1.29, 1.82) is 0 Å². The molecule has 3 rings (SSSR count). The van der Waals surface area contributed by atoms with Crippen LogP contribution in [0, 0.1) is 0 Å². The number of benzene rings is 1. The molecule has 1 spiro atoms. The van der Waals surface area contributed by atoms with Gasteiger partial charge in [-0.3, -0.25) is 9.79 Å². The van der Waals surface area contributed by atoms with E-state index in [-0.39, 0.29) is 5.91 Å². The monoisotopic (exact) mass is 430 g/mol. The second-order valence-corrected chi connectivity index (χ2v) is 7.30. The van der Waals surface area contributed by atoms with Crippen LogP contribution in [0.5, 0.6) is 5.75 Å². The van der Waals surface area contributed by atoms with E-state index >= 15 is 0 Å². The Bertz CT molecular complexity index is 664. The average Bonchev–Trinajstić information content (AvgIpc) is 3.03. The van der Waals surface area contributed by atoms with Gasteiger partial charge in [-0.05, 0) is 46.5 Å². The Balaban J connectivity index is 2.17. The number of methoxy groups -OCH3 is 1. The first-order valence-electron chi connectivity index (χ1n) is 6.94. The average molecular weight is 432 g/mol.